The van der Waals surface area contributed by atoms with E-state index in [1.807, 2.05) is 82.3 Å². The van der Waals surface area contributed by atoms with E-state index in [0.29, 0.717) is 0 Å². The molecule has 2 amide bonds. The second kappa shape index (κ2) is 13.1. The van der Waals surface area contributed by atoms with Crippen LogP contribution in [0, 0.1) is 6.92 Å². The normalized spacial score (nSPS) is 12.5. The van der Waals surface area contributed by atoms with Crippen LogP contribution in [0.4, 0.5) is 5.69 Å². The number of anilines is 1. The summed E-state index contributed by atoms with van der Waals surface area (Å²) in [5.41, 5.74) is 2.29. The quantitative estimate of drug-likeness (QED) is 0.326. The van der Waals surface area contributed by atoms with Crippen LogP contribution in [0.2, 0.25) is 10.0 Å². The monoisotopic (exact) mass is 603 g/mol. The van der Waals surface area contributed by atoms with Crippen molar-refractivity contribution in [2.24, 2.45) is 0 Å². The van der Waals surface area contributed by atoms with Crippen molar-refractivity contribution in [1.82, 2.24) is 10.2 Å². The molecule has 0 aromatic heterocycles. The second-order valence-corrected chi connectivity index (χ2v) is 13.5. The molecule has 214 valence electrons. The average molecular weight is 605 g/mol. The Morgan fingerprint density at radius 2 is 1.55 bits per heavy atom. The molecule has 1 N–H and O–H groups in total. The number of nitrogens with one attached hydrogen (secondary N) is 1. The molecule has 7 nitrogen and oxygen atoms in total. The van der Waals surface area contributed by atoms with Gasteiger partial charge in [0.05, 0.1) is 22.0 Å². The highest BCUT2D eigenvalue weighted by Crippen LogP contribution is 2.29. The summed E-state index contributed by atoms with van der Waals surface area (Å²) in [5.74, 6) is -0.872. The minimum atomic E-state index is -3.91. The lowest BCUT2D eigenvalue weighted by atomic mass is 10.00. The van der Waals surface area contributed by atoms with Crippen LogP contribution in [0.1, 0.15) is 37.5 Å². The van der Waals surface area contributed by atoms with Gasteiger partial charge in [0.2, 0.25) is 21.8 Å². The molecule has 40 heavy (non-hydrogen) atoms. The zero-order valence-electron chi connectivity index (χ0n) is 23.3. The van der Waals surface area contributed by atoms with E-state index in [1.165, 1.54) is 23.1 Å². The van der Waals surface area contributed by atoms with Gasteiger partial charge in [-0.1, -0.05) is 77.8 Å². The maximum absolute atomic E-state index is 14.1. The summed E-state index contributed by atoms with van der Waals surface area (Å²) in [6.45, 7) is 7.11. The van der Waals surface area contributed by atoms with Crippen molar-refractivity contribution in [2.75, 3.05) is 17.1 Å². The number of hydrogen-bond donors (Lipinski definition) is 1. The zero-order valence-corrected chi connectivity index (χ0v) is 25.6. The molecule has 0 heterocycles. The number of sulfonamides is 1. The second-order valence-electron chi connectivity index (χ2n) is 10.8. The van der Waals surface area contributed by atoms with Crippen molar-refractivity contribution in [1.29, 1.82) is 0 Å². The lowest BCUT2D eigenvalue weighted by Crippen LogP contribution is -2.56. The molecule has 10 heteroatoms. The molecule has 3 aromatic carbocycles. The number of carbonyl (C=O) groups is 2. The molecule has 0 fully saturated rings. The summed E-state index contributed by atoms with van der Waals surface area (Å²) in [6.07, 6.45) is 1.26. The number of halogens is 2. The fraction of sp³-hybridized carbons (Fsp3) is 0.333. The molecule has 3 aromatic rings. The maximum Gasteiger partial charge on any atom is 0.244 e. The number of carbonyl (C=O) groups excluding carboxylic acids is 2. The number of benzene rings is 3. The number of rotatable bonds is 10. The molecule has 0 aliphatic rings. The molecule has 0 aliphatic carbocycles. The van der Waals surface area contributed by atoms with Gasteiger partial charge in [0.15, 0.2) is 0 Å². The number of nitrogens with zero attached hydrogens (tertiary/aromatic N) is 2. The van der Waals surface area contributed by atoms with Gasteiger partial charge in [0, 0.05) is 18.5 Å². The summed E-state index contributed by atoms with van der Waals surface area (Å²) < 4.78 is 26.7. The van der Waals surface area contributed by atoms with E-state index >= 15 is 0 Å². The van der Waals surface area contributed by atoms with Crippen LogP contribution in [0.15, 0.2) is 72.8 Å². The van der Waals surface area contributed by atoms with E-state index in [0.717, 1.165) is 27.3 Å². The van der Waals surface area contributed by atoms with E-state index in [2.05, 4.69) is 5.32 Å². The van der Waals surface area contributed by atoms with Crippen LogP contribution in [-0.2, 0) is 32.6 Å². The Hall–Kier alpha value is -3.07. The first-order valence-electron chi connectivity index (χ1n) is 12.8. The third-order valence-electron chi connectivity index (χ3n) is 6.24. The Morgan fingerprint density at radius 1 is 0.925 bits per heavy atom. The minimum absolute atomic E-state index is 0.111. The van der Waals surface area contributed by atoms with Gasteiger partial charge in [-0.2, -0.15) is 0 Å². The van der Waals surface area contributed by atoms with Crippen LogP contribution >= 0.6 is 23.2 Å². The van der Waals surface area contributed by atoms with Crippen molar-refractivity contribution in [2.45, 2.75) is 52.2 Å². The lowest BCUT2D eigenvalue weighted by Gasteiger charge is -2.35. The van der Waals surface area contributed by atoms with Crippen molar-refractivity contribution >= 4 is 50.7 Å². The van der Waals surface area contributed by atoms with Gasteiger partial charge in [0.1, 0.15) is 12.6 Å². The number of amides is 2. The fourth-order valence-electron chi connectivity index (χ4n) is 4.23. The first-order chi connectivity index (χ1) is 18.7. The number of aryl methyl sites for hydroxylation is 1. The van der Waals surface area contributed by atoms with Crippen LogP contribution in [-0.4, -0.2) is 49.5 Å². The predicted octanol–water partition coefficient (Wildman–Crippen LogP) is 5.62. The van der Waals surface area contributed by atoms with Crippen LogP contribution in [0.3, 0.4) is 0 Å². The van der Waals surface area contributed by atoms with E-state index in [4.69, 9.17) is 23.2 Å². The zero-order chi connectivity index (χ0) is 29.7. The highest BCUT2D eigenvalue weighted by atomic mass is 35.5. The molecule has 0 radical (unpaired) electrons. The molecule has 1 unspecified atom stereocenters. The number of hydrogen-bond acceptors (Lipinski definition) is 4. The summed E-state index contributed by atoms with van der Waals surface area (Å²) in [4.78, 5) is 29.3. The van der Waals surface area contributed by atoms with Crippen molar-refractivity contribution < 1.29 is 18.0 Å². The molecule has 1 atom stereocenters. The SMILES string of the molecule is Cc1ccccc1CN(C(=O)CN(c1ccc(Cl)c(Cl)c1)S(C)(=O)=O)C(Cc1ccccc1)C(=O)NC(C)(C)C. The van der Waals surface area contributed by atoms with E-state index < -0.39 is 34.1 Å². The smallest absolute Gasteiger partial charge is 0.244 e. The van der Waals surface area contributed by atoms with Crippen molar-refractivity contribution in [3.8, 4) is 0 Å². The maximum atomic E-state index is 14.1. The van der Waals surface area contributed by atoms with Gasteiger partial charge < -0.3 is 10.2 Å². The van der Waals surface area contributed by atoms with Gasteiger partial charge in [-0.05, 0) is 62.6 Å². The summed E-state index contributed by atoms with van der Waals surface area (Å²) in [5, 5.41) is 3.42. The van der Waals surface area contributed by atoms with Crippen LogP contribution in [0.25, 0.3) is 0 Å². The molecule has 0 aliphatic heterocycles. The highest BCUT2D eigenvalue weighted by molar-refractivity contribution is 7.92. The Bertz CT molecular complexity index is 1460. The third kappa shape index (κ3) is 8.71. The minimum Gasteiger partial charge on any atom is -0.350 e. The van der Waals surface area contributed by atoms with Gasteiger partial charge >= 0.3 is 0 Å². The molecular formula is C30H35Cl2N3O4S. The summed E-state index contributed by atoms with van der Waals surface area (Å²) >= 11 is 12.2. The first kappa shape index (κ1) is 31.5. The van der Waals surface area contributed by atoms with E-state index in [1.54, 1.807) is 0 Å². The third-order valence-corrected chi connectivity index (χ3v) is 8.12. The van der Waals surface area contributed by atoms with E-state index in [-0.39, 0.29) is 34.6 Å². The highest BCUT2D eigenvalue weighted by Gasteiger charge is 2.34. The van der Waals surface area contributed by atoms with Crippen LogP contribution < -0.4 is 9.62 Å². The average Bonchev–Trinajstić information content (AvgIpc) is 2.86. The Morgan fingerprint density at radius 3 is 2.12 bits per heavy atom. The van der Waals surface area contributed by atoms with E-state index in [9.17, 15) is 18.0 Å². The summed E-state index contributed by atoms with van der Waals surface area (Å²) in [6, 6.07) is 20.4. The lowest BCUT2D eigenvalue weighted by molar-refractivity contribution is -0.140. The van der Waals surface area contributed by atoms with Crippen molar-refractivity contribution in [3.05, 3.63) is 99.5 Å². The van der Waals surface area contributed by atoms with Gasteiger partial charge in [0.25, 0.3) is 0 Å². The fourth-order valence-corrected chi connectivity index (χ4v) is 5.37. The van der Waals surface area contributed by atoms with Crippen LogP contribution in [0.5, 0.6) is 0 Å². The molecular weight excluding hydrogens is 569 g/mol. The topological polar surface area (TPSA) is 86.8 Å². The Balaban J connectivity index is 2.10. The largest absolute Gasteiger partial charge is 0.350 e. The van der Waals surface area contributed by atoms with Crippen molar-refractivity contribution in [3.63, 3.8) is 0 Å². The molecule has 0 spiro atoms. The predicted molar refractivity (Wildman–Crippen MR) is 162 cm³/mol. The summed E-state index contributed by atoms with van der Waals surface area (Å²) in [7, 11) is -3.91. The Kier molecular flexibility index (Phi) is 10.3. The molecule has 0 saturated carbocycles. The van der Waals surface area contributed by atoms with Gasteiger partial charge in [-0.25, -0.2) is 8.42 Å². The molecule has 0 bridgehead atoms. The standard InChI is InChI=1S/C30H35Cl2N3O4S/c1-21-11-9-10-14-23(21)19-34(27(29(37)33-30(2,3)4)17-22-12-7-6-8-13-22)28(36)20-35(40(5,38)39)24-15-16-25(31)26(32)18-24/h6-16,18,27H,17,19-20H2,1-5H3,(H,33,37). The first-order valence-corrected chi connectivity index (χ1v) is 15.4. The Labute approximate surface area is 247 Å². The molecule has 3 rings (SSSR count). The van der Waals surface area contributed by atoms with Gasteiger partial charge in [-0.3, -0.25) is 13.9 Å². The van der Waals surface area contributed by atoms with Gasteiger partial charge in [-0.15, -0.1) is 0 Å². The molecule has 0 saturated heterocycles.